The maximum Gasteiger partial charge on any atom is 0.210 e. The van der Waals surface area contributed by atoms with Gasteiger partial charge in [-0.25, -0.2) is 10.8 Å². The van der Waals surface area contributed by atoms with Gasteiger partial charge >= 0.3 is 0 Å². The minimum atomic E-state index is 0.494. The molecular weight excluding hydrogens is 242 g/mol. The van der Waals surface area contributed by atoms with E-state index in [-0.39, 0.29) is 0 Å². The molecule has 2 aromatic rings. The number of nitrogens with two attached hydrogens (primary N) is 1. The number of hydrazine groups is 1. The van der Waals surface area contributed by atoms with Crippen LogP contribution >= 0.6 is 0 Å². The van der Waals surface area contributed by atoms with Gasteiger partial charge in [-0.15, -0.1) is 0 Å². The highest BCUT2D eigenvalue weighted by Crippen LogP contribution is 2.21. The van der Waals surface area contributed by atoms with Gasteiger partial charge in [0.2, 0.25) is 5.96 Å². The van der Waals surface area contributed by atoms with Crippen molar-refractivity contribution in [3.8, 4) is 0 Å². The van der Waals surface area contributed by atoms with Gasteiger partial charge in [0.25, 0.3) is 0 Å². The zero-order valence-electron chi connectivity index (χ0n) is 10.8. The fourth-order valence-corrected chi connectivity index (χ4v) is 1.72. The number of pyridine rings is 1. The lowest BCUT2D eigenvalue weighted by Crippen LogP contribution is -2.36. The van der Waals surface area contributed by atoms with E-state index in [4.69, 9.17) is 10.6 Å². The van der Waals surface area contributed by atoms with Crippen molar-refractivity contribution in [1.82, 2.24) is 10.4 Å². The van der Waals surface area contributed by atoms with Crippen LogP contribution < -0.4 is 16.6 Å². The van der Waals surface area contributed by atoms with Crippen LogP contribution in [0, 0.1) is 0 Å². The summed E-state index contributed by atoms with van der Waals surface area (Å²) in [6, 6.07) is 7.90. The average Bonchev–Trinajstić information content (AvgIpc) is 2.46. The van der Waals surface area contributed by atoms with Crippen LogP contribution in [0.3, 0.4) is 0 Å². The first-order valence-corrected chi connectivity index (χ1v) is 5.95. The molecule has 4 N–H and O–H groups in total. The lowest BCUT2D eigenvalue weighted by Gasteiger charge is -2.11. The first kappa shape index (κ1) is 13.3. The fourth-order valence-electron chi connectivity index (χ4n) is 1.72. The fraction of sp³-hybridized carbons (Fsp3) is 0.231. The largest absolute Gasteiger partial charge is 0.383 e. The van der Waals surface area contributed by atoms with Crippen molar-refractivity contribution in [1.29, 1.82) is 0 Å². The summed E-state index contributed by atoms with van der Waals surface area (Å²) in [6.07, 6.45) is 3.57. The predicted octanol–water partition coefficient (Wildman–Crippen LogP) is 1.11. The Balaban J connectivity index is 2.22. The third kappa shape index (κ3) is 3.40. The van der Waals surface area contributed by atoms with Crippen LogP contribution in [-0.4, -0.2) is 31.2 Å². The van der Waals surface area contributed by atoms with E-state index in [1.165, 1.54) is 0 Å². The molecule has 0 fully saturated rings. The summed E-state index contributed by atoms with van der Waals surface area (Å²) in [5, 5.41) is 5.27. The third-order valence-electron chi connectivity index (χ3n) is 2.64. The monoisotopic (exact) mass is 259 g/mol. The maximum absolute atomic E-state index is 5.45. The molecule has 1 heterocycles. The van der Waals surface area contributed by atoms with Gasteiger partial charge in [0.1, 0.15) is 0 Å². The minimum Gasteiger partial charge on any atom is -0.383 e. The van der Waals surface area contributed by atoms with E-state index in [1.807, 2.05) is 24.3 Å². The second kappa shape index (κ2) is 6.67. The van der Waals surface area contributed by atoms with Crippen LogP contribution in [0.5, 0.6) is 0 Å². The molecule has 19 heavy (non-hydrogen) atoms. The van der Waals surface area contributed by atoms with E-state index in [0.717, 1.165) is 16.5 Å². The Hall–Kier alpha value is -2.18. The first-order chi connectivity index (χ1) is 9.35. The van der Waals surface area contributed by atoms with Crippen LogP contribution in [0.15, 0.2) is 41.7 Å². The smallest absolute Gasteiger partial charge is 0.210 e. The number of methoxy groups -OCH3 is 1. The lowest BCUT2D eigenvalue weighted by molar-refractivity contribution is 0.208. The molecule has 0 aliphatic rings. The number of anilines is 1. The highest BCUT2D eigenvalue weighted by molar-refractivity contribution is 6.02. The summed E-state index contributed by atoms with van der Waals surface area (Å²) in [4.78, 5) is 8.39. The van der Waals surface area contributed by atoms with E-state index < -0.39 is 0 Å². The van der Waals surface area contributed by atoms with Crippen molar-refractivity contribution in [2.45, 2.75) is 0 Å². The Bertz CT molecular complexity index is 564. The van der Waals surface area contributed by atoms with E-state index in [9.17, 15) is 0 Å². The molecule has 0 spiro atoms. The van der Waals surface area contributed by atoms with Crippen LogP contribution in [0.25, 0.3) is 10.8 Å². The summed E-state index contributed by atoms with van der Waals surface area (Å²) in [5.74, 6) is 5.94. The molecule has 1 aromatic heterocycles. The summed E-state index contributed by atoms with van der Waals surface area (Å²) in [7, 11) is 1.63. The van der Waals surface area contributed by atoms with Gasteiger partial charge in [-0.1, -0.05) is 12.1 Å². The number of hydrogen-bond donors (Lipinski definition) is 3. The summed E-state index contributed by atoms with van der Waals surface area (Å²) >= 11 is 0. The number of benzene rings is 1. The standard InChI is InChI=1S/C13H17N5O/c1-19-8-7-16-13(18-14)17-12-4-2-3-10-5-6-15-9-11(10)12/h2-6,9H,7-8,14H2,1H3,(H2,16,17,18). The van der Waals surface area contributed by atoms with Gasteiger partial charge in [0.15, 0.2) is 0 Å². The van der Waals surface area contributed by atoms with Crippen molar-refractivity contribution < 1.29 is 4.74 Å². The molecule has 0 aliphatic carbocycles. The van der Waals surface area contributed by atoms with E-state index in [0.29, 0.717) is 19.1 Å². The number of nitrogens with one attached hydrogen (secondary N) is 2. The first-order valence-electron chi connectivity index (χ1n) is 5.95. The highest BCUT2D eigenvalue weighted by atomic mass is 16.5. The number of guanidine groups is 1. The lowest BCUT2D eigenvalue weighted by atomic mass is 10.1. The van der Waals surface area contributed by atoms with Gasteiger partial charge in [-0.2, -0.15) is 0 Å². The number of aliphatic imine (C=N–C) groups is 1. The van der Waals surface area contributed by atoms with E-state index >= 15 is 0 Å². The zero-order chi connectivity index (χ0) is 13.5. The van der Waals surface area contributed by atoms with Gasteiger partial charge in [0, 0.05) is 24.9 Å². The Morgan fingerprint density at radius 2 is 2.32 bits per heavy atom. The maximum atomic E-state index is 5.45. The van der Waals surface area contributed by atoms with Crippen molar-refractivity contribution in [3.05, 3.63) is 36.7 Å². The van der Waals surface area contributed by atoms with Crippen molar-refractivity contribution in [2.75, 3.05) is 25.6 Å². The van der Waals surface area contributed by atoms with Crippen LogP contribution in [0.4, 0.5) is 5.69 Å². The number of hydrogen-bond acceptors (Lipinski definition) is 4. The van der Waals surface area contributed by atoms with Crippen LogP contribution in [0.2, 0.25) is 0 Å². The molecule has 0 saturated heterocycles. The third-order valence-corrected chi connectivity index (χ3v) is 2.64. The quantitative estimate of drug-likeness (QED) is 0.252. The molecule has 0 radical (unpaired) electrons. The van der Waals surface area contributed by atoms with Gasteiger partial charge in [0.05, 0.1) is 18.8 Å². The van der Waals surface area contributed by atoms with E-state index in [1.54, 1.807) is 19.5 Å². The normalized spacial score (nSPS) is 11.6. The highest BCUT2D eigenvalue weighted by Gasteiger charge is 2.02. The van der Waals surface area contributed by atoms with Crippen molar-refractivity contribution >= 4 is 22.4 Å². The molecule has 100 valence electrons. The SMILES string of the molecule is COCCN=C(NN)Nc1cccc2ccncc12. The van der Waals surface area contributed by atoms with Crippen LogP contribution in [-0.2, 0) is 4.74 Å². The Labute approximate surface area is 111 Å². The molecule has 1 aromatic carbocycles. The topological polar surface area (TPSA) is 84.6 Å². The molecule has 0 unspecified atom stereocenters. The van der Waals surface area contributed by atoms with E-state index in [2.05, 4.69) is 20.7 Å². The molecule has 2 rings (SSSR count). The van der Waals surface area contributed by atoms with Crippen molar-refractivity contribution in [2.24, 2.45) is 10.8 Å². The predicted molar refractivity (Wildman–Crippen MR) is 76.9 cm³/mol. The number of nitrogens with zero attached hydrogens (tertiary/aromatic N) is 2. The van der Waals surface area contributed by atoms with Crippen molar-refractivity contribution in [3.63, 3.8) is 0 Å². The molecule has 0 atom stereocenters. The Morgan fingerprint density at radius 3 is 3.11 bits per heavy atom. The number of rotatable bonds is 4. The molecule has 6 heteroatoms. The number of aromatic nitrogens is 1. The Kier molecular flexibility index (Phi) is 4.66. The zero-order valence-corrected chi connectivity index (χ0v) is 10.8. The summed E-state index contributed by atoms with van der Waals surface area (Å²) in [5.41, 5.74) is 3.44. The number of fused-ring (bicyclic) bond motifs is 1. The van der Waals surface area contributed by atoms with Crippen LogP contribution in [0.1, 0.15) is 0 Å². The molecule has 6 nitrogen and oxygen atoms in total. The summed E-state index contributed by atoms with van der Waals surface area (Å²) in [6.45, 7) is 1.08. The van der Waals surface area contributed by atoms with Gasteiger partial charge in [-0.05, 0) is 17.5 Å². The second-order valence-corrected chi connectivity index (χ2v) is 3.89. The minimum absolute atomic E-state index is 0.494. The molecule has 0 bridgehead atoms. The average molecular weight is 259 g/mol. The number of ether oxygens (including phenoxy) is 1. The van der Waals surface area contributed by atoms with Gasteiger partial charge < -0.3 is 10.1 Å². The molecule has 0 amide bonds. The summed E-state index contributed by atoms with van der Waals surface area (Å²) < 4.78 is 4.94. The van der Waals surface area contributed by atoms with Gasteiger partial charge in [-0.3, -0.25) is 10.4 Å². The molecule has 0 saturated carbocycles. The Morgan fingerprint density at radius 1 is 1.42 bits per heavy atom. The molecular formula is C13H17N5O. The second-order valence-electron chi connectivity index (χ2n) is 3.89. The molecule has 0 aliphatic heterocycles.